The Kier molecular flexibility index (Phi) is 3.90. The highest BCUT2D eigenvalue weighted by Crippen LogP contribution is 2.23. The molecule has 1 aliphatic heterocycles. The first-order valence-electron chi connectivity index (χ1n) is 5.03. The Labute approximate surface area is 99.2 Å². The quantitative estimate of drug-likeness (QED) is 0.196. The first-order valence-corrected chi connectivity index (χ1v) is 5.03. The van der Waals surface area contributed by atoms with Gasteiger partial charge in [0.2, 0.25) is 0 Å². The lowest BCUT2D eigenvalue weighted by atomic mass is 10.2. The SMILES string of the molecule is C=CCONC(C)=C1C(=O)OC(C)(C)OC1=O. The summed E-state index contributed by atoms with van der Waals surface area (Å²) in [6.45, 7) is 8.17. The number of carbonyl (C=O) groups excluding carboxylic acids is 2. The Morgan fingerprint density at radius 3 is 2.41 bits per heavy atom. The molecule has 6 heteroatoms. The predicted octanol–water partition coefficient (Wildman–Crippen LogP) is 0.804. The molecule has 0 spiro atoms. The van der Waals surface area contributed by atoms with Crippen LogP contribution in [0.4, 0.5) is 0 Å². The zero-order valence-electron chi connectivity index (χ0n) is 10.0. The highest BCUT2D eigenvalue weighted by molar-refractivity contribution is 6.15. The van der Waals surface area contributed by atoms with E-state index in [0.717, 1.165) is 0 Å². The molecule has 1 saturated heterocycles. The van der Waals surface area contributed by atoms with Crippen molar-refractivity contribution in [3.63, 3.8) is 0 Å². The van der Waals surface area contributed by atoms with E-state index in [-0.39, 0.29) is 17.9 Å². The zero-order valence-corrected chi connectivity index (χ0v) is 10.0. The first-order chi connectivity index (χ1) is 7.87. The second-order valence-electron chi connectivity index (χ2n) is 3.88. The van der Waals surface area contributed by atoms with Crippen LogP contribution in [-0.4, -0.2) is 24.3 Å². The van der Waals surface area contributed by atoms with Crippen molar-refractivity contribution in [1.29, 1.82) is 0 Å². The van der Waals surface area contributed by atoms with Crippen molar-refractivity contribution < 1.29 is 23.9 Å². The highest BCUT2D eigenvalue weighted by Gasteiger charge is 2.40. The van der Waals surface area contributed by atoms with Crippen LogP contribution in [0.2, 0.25) is 0 Å². The molecule has 0 aromatic carbocycles. The molecule has 6 nitrogen and oxygen atoms in total. The molecule has 1 heterocycles. The van der Waals surface area contributed by atoms with Crippen LogP contribution in [0.5, 0.6) is 0 Å². The van der Waals surface area contributed by atoms with Crippen molar-refractivity contribution in [2.24, 2.45) is 0 Å². The standard InChI is InChI=1S/C11H15NO5/c1-5-6-15-12-7(2)8-9(13)16-11(3,4)17-10(8)14/h5,12H,1,6H2,2-4H3. The van der Waals surface area contributed by atoms with Crippen molar-refractivity contribution in [2.45, 2.75) is 26.6 Å². The number of rotatable bonds is 4. The van der Waals surface area contributed by atoms with Gasteiger partial charge in [-0.05, 0) is 6.92 Å². The van der Waals surface area contributed by atoms with E-state index in [4.69, 9.17) is 14.3 Å². The van der Waals surface area contributed by atoms with E-state index in [1.807, 2.05) is 0 Å². The van der Waals surface area contributed by atoms with E-state index in [9.17, 15) is 9.59 Å². The van der Waals surface area contributed by atoms with Crippen LogP contribution in [-0.2, 0) is 23.9 Å². The molecule has 0 atom stereocenters. The van der Waals surface area contributed by atoms with Gasteiger partial charge in [-0.1, -0.05) is 6.08 Å². The summed E-state index contributed by atoms with van der Waals surface area (Å²) in [4.78, 5) is 28.1. The topological polar surface area (TPSA) is 73.9 Å². The number of carbonyl (C=O) groups is 2. The van der Waals surface area contributed by atoms with E-state index in [1.165, 1.54) is 26.8 Å². The number of nitrogens with one attached hydrogen (secondary N) is 1. The minimum absolute atomic E-state index is 0.201. The van der Waals surface area contributed by atoms with Crippen LogP contribution in [0.3, 0.4) is 0 Å². The fourth-order valence-electron chi connectivity index (χ4n) is 1.22. The fourth-order valence-corrected chi connectivity index (χ4v) is 1.22. The minimum Gasteiger partial charge on any atom is -0.419 e. The zero-order chi connectivity index (χ0) is 13.1. The fraction of sp³-hybridized carbons (Fsp3) is 0.455. The Balaban J connectivity index is 2.82. The number of hydroxylamine groups is 1. The lowest BCUT2D eigenvalue weighted by Crippen LogP contribution is -2.43. The molecule has 1 aliphatic rings. The molecule has 0 bridgehead atoms. The summed E-state index contributed by atoms with van der Waals surface area (Å²) >= 11 is 0. The van der Waals surface area contributed by atoms with Gasteiger partial charge in [0.15, 0.2) is 5.57 Å². The lowest BCUT2D eigenvalue weighted by Gasteiger charge is -2.30. The second-order valence-corrected chi connectivity index (χ2v) is 3.88. The van der Waals surface area contributed by atoms with E-state index in [0.29, 0.717) is 0 Å². The molecule has 17 heavy (non-hydrogen) atoms. The average molecular weight is 241 g/mol. The summed E-state index contributed by atoms with van der Waals surface area (Å²) in [5, 5.41) is 0. The molecule has 0 aromatic heterocycles. The Morgan fingerprint density at radius 1 is 1.41 bits per heavy atom. The van der Waals surface area contributed by atoms with E-state index < -0.39 is 17.7 Å². The Hall–Kier alpha value is -1.82. The van der Waals surface area contributed by atoms with Gasteiger partial charge in [0.25, 0.3) is 5.79 Å². The van der Waals surface area contributed by atoms with Gasteiger partial charge < -0.3 is 9.47 Å². The summed E-state index contributed by atoms with van der Waals surface area (Å²) in [6, 6.07) is 0. The van der Waals surface area contributed by atoms with Gasteiger partial charge in [-0.3, -0.25) is 10.3 Å². The third-order valence-electron chi connectivity index (χ3n) is 1.89. The van der Waals surface area contributed by atoms with Gasteiger partial charge in [0, 0.05) is 13.8 Å². The third kappa shape index (κ3) is 3.32. The van der Waals surface area contributed by atoms with Crippen LogP contribution in [0, 0.1) is 0 Å². The van der Waals surface area contributed by atoms with Crippen molar-refractivity contribution in [3.05, 3.63) is 23.9 Å². The highest BCUT2D eigenvalue weighted by atomic mass is 16.7. The van der Waals surface area contributed by atoms with Crippen LogP contribution < -0.4 is 5.48 Å². The van der Waals surface area contributed by atoms with Gasteiger partial charge >= 0.3 is 11.9 Å². The van der Waals surface area contributed by atoms with Crippen molar-refractivity contribution in [3.8, 4) is 0 Å². The van der Waals surface area contributed by atoms with Gasteiger partial charge in [-0.15, -0.1) is 6.58 Å². The first kappa shape index (κ1) is 13.2. The normalized spacial score (nSPS) is 18.2. The van der Waals surface area contributed by atoms with E-state index in [1.54, 1.807) is 0 Å². The minimum atomic E-state index is -1.24. The van der Waals surface area contributed by atoms with Crippen LogP contribution in [0.15, 0.2) is 23.9 Å². The molecule has 94 valence electrons. The van der Waals surface area contributed by atoms with Gasteiger partial charge in [0.05, 0.1) is 12.3 Å². The average Bonchev–Trinajstić information content (AvgIpc) is 2.14. The molecular weight excluding hydrogens is 226 g/mol. The van der Waals surface area contributed by atoms with Crippen LogP contribution in [0.1, 0.15) is 20.8 Å². The smallest absolute Gasteiger partial charge is 0.350 e. The Bertz CT molecular complexity index is 361. The number of allylic oxidation sites excluding steroid dienone is 1. The van der Waals surface area contributed by atoms with Crippen LogP contribution in [0.25, 0.3) is 0 Å². The van der Waals surface area contributed by atoms with E-state index in [2.05, 4.69) is 12.1 Å². The van der Waals surface area contributed by atoms with Crippen molar-refractivity contribution in [2.75, 3.05) is 6.61 Å². The number of ether oxygens (including phenoxy) is 2. The molecule has 0 aromatic rings. The molecule has 1 N–H and O–H groups in total. The molecular formula is C11H15NO5. The summed E-state index contributed by atoms with van der Waals surface area (Å²) in [7, 11) is 0. The number of hydrogen-bond acceptors (Lipinski definition) is 6. The maximum absolute atomic E-state index is 11.6. The summed E-state index contributed by atoms with van der Waals surface area (Å²) in [5.74, 6) is -2.71. The number of hydrogen-bond donors (Lipinski definition) is 1. The largest absolute Gasteiger partial charge is 0.419 e. The summed E-state index contributed by atoms with van der Waals surface area (Å²) in [6.07, 6.45) is 1.52. The molecule has 1 rings (SSSR count). The van der Waals surface area contributed by atoms with E-state index >= 15 is 0 Å². The van der Waals surface area contributed by atoms with Gasteiger partial charge in [-0.25, -0.2) is 9.59 Å². The van der Waals surface area contributed by atoms with Gasteiger partial charge in [-0.2, -0.15) is 0 Å². The monoisotopic (exact) mass is 241 g/mol. The summed E-state index contributed by atoms with van der Waals surface area (Å²) < 4.78 is 9.86. The van der Waals surface area contributed by atoms with Crippen molar-refractivity contribution in [1.82, 2.24) is 5.48 Å². The molecule has 0 radical (unpaired) electrons. The summed E-state index contributed by atoms with van der Waals surface area (Å²) in [5.41, 5.74) is 2.48. The maximum Gasteiger partial charge on any atom is 0.350 e. The molecule has 0 aliphatic carbocycles. The lowest BCUT2D eigenvalue weighted by molar-refractivity contribution is -0.222. The van der Waals surface area contributed by atoms with Gasteiger partial charge in [0.1, 0.15) is 0 Å². The molecule has 0 amide bonds. The Morgan fingerprint density at radius 2 is 1.94 bits per heavy atom. The molecule has 1 fully saturated rings. The van der Waals surface area contributed by atoms with Crippen LogP contribution >= 0.6 is 0 Å². The van der Waals surface area contributed by atoms with Crippen molar-refractivity contribution >= 4 is 11.9 Å². The maximum atomic E-state index is 11.6. The third-order valence-corrected chi connectivity index (χ3v) is 1.89. The molecule has 0 saturated carbocycles. The predicted molar refractivity (Wildman–Crippen MR) is 58.2 cm³/mol. The second kappa shape index (κ2) is 5.01. The number of esters is 2. The molecule has 0 unspecified atom stereocenters. The number of cyclic esters (lactones) is 2.